The van der Waals surface area contributed by atoms with Gasteiger partial charge < -0.3 is 45.7 Å². The average molecular weight is 465 g/mol. The molecule has 0 aliphatic carbocycles. The van der Waals surface area contributed by atoms with Crippen LogP contribution in [0.1, 0.15) is 41.5 Å². The fraction of sp³-hybridized carbons (Fsp3) is 0.955. The van der Waals surface area contributed by atoms with Crippen molar-refractivity contribution in [2.45, 2.75) is 90.2 Å². The Labute approximate surface area is 191 Å². The van der Waals surface area contributed by atoms with Gasteiger partial charge in [-0.2, -0.15) is 0 Å². The number of aliphatic hydroxyl groups is 4. The van der Waals surface area contributed by atoms with Crippen LogP contribution in [0.2, 0.25) is 0 Å². The van der Waals surface area contributed by atoms with Crippen molar-refractivity contribution in [3.63, 3.8) is 0 Å². The summed E-state index contributed by atoms with van der Waals surface area (Å²) < 4.78 is 16.6. The first-order chi connectivity index (χ1) is 14.7. The highest BCUT2D eigenvalue weighted by atomic mass is 16.5. The summed E-state index contributed by atoms with van der Waals surface area (Å²) in [5.41, 5.74) is 4.94. The summed E-state index contributed by atoms with van der Waals surface area (Å²) >= 11 is 0. The number of nitrogens with one attached hydrogen (secondary N) is 1. The lowest BCUT2D eigenvalue weighted by molar-refractivity contribution is -0.214. The summed E-state index contributed by atoms with van der Waals surface area (Å²) in [7, 11) is 2.81. The number of carbonyl (C=O) groups excluding carboxylic acids is 1. The Morgan fingerprint density at radius 1 is 1.19 bits per heavy atom. The number of carbonyl (C=O) groups is 1. The molecule has 9 atom stereocenters. The molecule has 0 saturated carbocycles. The quantitative estimate of drug-likeness (QED) is 0.225. The molecule has 5 unspecified atom stereocenters. The summed E-state index contributed by atoms with van der Waals surface area (Å²) in [6.07, 6.45) is -5.11. The predicted molar refractivity (Wildman–Crippen MR) is 119 cm³/mol. The summed E-state index contributed by atoms with van der Waals surface area (Å²) in [6.45, 7) is 9.92. The zero-order valence-corrected chi connectivity index (χ0v) is 20.6. The minimum Gasteiger partial charge on any atom is -0.394 e. The van der Waals surface area contributed by atoms with Crippen molar-refractivity contribution in [3.8, 4) is 0 Å². The van der Waals surface area contributed by atoms with E-state index >= 15 is 0 Å². The molecule has 7 N–H and O–H groups in total. The Kier molecular flexibility index (Phi) is 10.5. The number of hydrogen-bond acceptors (Lipinski definition) is 9. The standard InChI is InChI=1S/C22H44N2O8/c1-11-16(24-12(2)27)17(28)15(13(9-25)32-11)21(3,4)22(5,6)20(23)18(29)19(31-8)14(10-26)30-7/h11,13-20,25-26,28-29H,9-10,23H2,1-8H3,(H,24,27)/t11-,13?,14?,15+,16?,17?,18+,19+,20?/m0/s1. The van der Waals surface area contributed by atoms with E-state index in [-0.39, 0.29) is 19.1 Å². The Morgan fingerprint density at radius 2 is 1.75 bits per heavy atom. The van der Waals surface area contributed by atoms with E-state index in [2.05, 4.69) is 5.32 Å². The second-order valence-corrected chi connectivity index (χ2v) is 9.92. The van der Waals surface area contributed by atoms with Gasteiger partial charge in [0.25, 0.3) is 0 Å². The normalized spacial score (nSPS) is 31.0. The van der Waals surface area contributed by atoms with Gasteiger partial charge in [-0.05, 0) is 17.8 Å². The fourth-order valence-electron chi connectivity index (χ4n) is 4.97. The molecule has 0 bridgehead atoms. The number of ether oxygens (including phenoxy) is 3. The van der Waals surface area contributed by atoms with Crippen LogP contribution in [0.3, 0.4) is 0 Å². The average Bonchev–Trinajstić information content (AvgIpc) is 2.72. The van der Waals surface area contributed by atoms with Crippen LogP contribution in [-0.2, 0) is 19.0 Å². The van der Waals surface area contributed by atoms with Gasteiger partial charge >= 0.3 is 0 Å². The maximum atomic E-state index is 11.7. The minimum absolute atomic E-state index is 0.299. The first-order valence-electron chi connectivity index (χ1n) is 11.0. The van der Waals surface area contributed by atoms with E-state index in [1.54, 1.807) is 6.92 Å². The monoisotopic (exact) mass is 464 g/mol. The van der Waals surface area contributed by atoms with Crippen LogP contribution in [0.4, 0.5) is 0 Å². The topological polar surface area (TPSA) is 164 Å². The first kappa shape index (κ1) is 29.2. The third-order valence-corrected chi connectivity index (χ3v) is 7.73. The van der Waals surface area contributed by atoms with Gasteiger partial charge in [0.15, 0.2) is 0 Å². The van der Waals surface area contributed by atoms with Gasteiger partial charge in [0, 0.05) is 33.1 Å². The van der Waals surface area contributed by atoms with Crippen LogP contribution in [0.25, 0.3) is 0 Å². The van der Waals surface area contributed by atoms with E-state index in [0.29, 0.717) is 0 Å². The molecule has 0 aromatic heterocycles. The molecule has 0 aromatic rings. The number of methoxy groups -OCH3 is 2. The zero-order chi connectivity index (χ0) is 25.0. The van der Waals surface area contributed by atoms with E-state index in [4.69, 9.17) is 19.9 Å². The van der Waals surface area contributed by atoms with E-state index in [0.717, 1.165) is 0 Å². The van der Waals surface area contributed by atoms with Gasteiger partial charge in [-0.3, -0.25) is 4.79 Å². The van der Waals surface area contributed by atoms with Crippen molar-refractivity contribution in [1.82, 2.24) is 5.32 Å². The highest BCUT2D eigenvalue weighted by molar-refractivity contribution is 5.73. The van der Waals surface area contributed by atoms with Crippen molar-refractivity contribution in [2.24, 2.45) is 22.5 Å². The molecule has 190 valence electrons. The molecule has 1 rings (SSSR count). The van der Waals surface area contributed by atoms with Crippen LogP contribution >= 0.6 is 0 Å². The van der Waals surface area contributed by atoms with E-state index < -0.39 is 65.5 Å². The Bertz CT molecular complexity index is 598. The Morgan fingerprint density at radius 3 is 2.16 bits per heavy atom. The lowest BCUT2D eigenvalue weighted by Gasteiger charge is -2.57. The van der Waals surface area contributed by atoms with Crippen molar-refractivity contribution in [3.05, 3.63) is 0 Å². The number of aliphatic hydroxyl groups excluding tert-OH is 4. The van der Waals surface area contributed by atoms with Crippen LogP contribution in [0, 0.1) is 16.7 Å². The van der Waals surface area contributed by atoms with E-state index in [9.17, 15) is 25.2 Å². The minimum atomic E-state index is -1.20. The summed E-state index contributed by atoms with van der Waals surface area (Å²) in [4.78, 5) is 11.7. The second kappa shape index (κ2) is 11.5. The highest BCUT2D eigenvalue weighted by Crippen LogP contribution is 2.52. The predicted octanol–water partition coefficient (Wildman–Crippen LogP) is -0.989. The Hall–Kier alpha value is -0.850. The second-order valence-electron chi connectivity index (χ2n) is 9.92. The van der Waals surface area contributed by atoms with Crippen LogP contribution in [-0.4, -0.2) is 102 Å². The molecule has 1 amide bonds. The number of rotatable bonds is 11. The molecule has 1 fully saturated rings. The first-order valence-corrected chi connectivity index (χ1v) is 11.0. The largest absolute Gasteiger partial charge is 0.394 e. The van der Waals surface area contributed by atoms with Gasteiger partial charge in [0.05, 0.1) is 43.7 Å². The van der Waals surface area contributed by atoms with Crippen LogP contribution in [0.5, 0.6) is 0 Å². The molecule has 1 aliphatic heterocycles. The molecule has 1 aliphatic rings. The smallest absolute Gasteiger partial charge is 0.217 e. The van der Waals surface area contributed by atoms with Crippen LogP contribution < -0.4 is 11.1 Å². The molecular weight excluding hydrogens is 420 g/mol. The molecular formula is C22H44N2O8. The number of amides is 1. The summed E-state index contributed by atoms with van der Waals surface area (Å²) in [5.74, 6) is -0.918. The molecule has 0 aromatic carbocycles. The number of hydrogen-bond donors (Lipinski definition) is 6. The Balaban J connectivity index is 3.34. The molecule has 32 heavy (non-hydrogen) atoms. The van der Waals surface area contributed by atoms with Gasteiger partial charge in [0.2, 0.25) is 5.91 Å². The molecule has 0 spiro atoms. The number of nitrogens with two attached hydrogens (primary N) is 1. The molecule has 10 heteroatoms. The zero-order valence-electron chi connectivity index (χ0n) is 20.6. The molecule has 0 radical (unpaired) electrons. The van der Waals surface area contributed by atoms with Crippen molar-refractivity contribution >= 4 is 5.91 Å². The van der Waals surface area contributed by atoms with Crippen molar-refractivity contribution in [2.75, 3.05) is 27.4 Å². The van der Waals surface area contributed by atoms with E-state index in [1.807, 2.05) is 27.7 Å². The van der Waals surface area contributed by atoms with Gasteiger partial charge in [-0.15, -0.1) is 0 Å². The lowest BCUT2D eigenvalue weighted by Crippen LogP contribution is -2.68. The van der Waals surface area contributed by atoms with Gasteiger partial charge in [-0.25, -0.2) is 0 Å². The molecule has 10 nitrogen and oxygen atoms in total. The van der Waals surface area contributed by atoms with Crippen LogP contribution in [0.15, 0.2) is 0 Å². The van der Waals surface area contributed by atoms with Crippen molar-refractivity contribution < 1.29 is 39.4 Å². The third kappa shape index (κ3) is 5.61. The maximum absolute atomic E-state index is 11.7. The third-order valence-electron chi connectivity index (χ3n) is 7.73. The molecule has 1 heterocycles. The summed E-state index contributed by atoms with van der Waals surface area (Å²) in [5, 5.41) is 44.7. The lowest BCUT2D eigenvalue weighted by atomic mass is 9.53. The maximum Gasteiger partial charge on any atom is 0.217 e. The van der Waals surface area contributed by atoms with E-state index in [1.165, 1.54) is 21.1 Å². The van der Waals surface area contributed by atoms with Gasteiger partial charge in [-0.1, -0.05) is 27.7 Å². The highest BCUT2D eigenvalue weighted by Gasteiger charge is 2.57. The molecule has 1 saturated heterocycles. The SMILES string of the molecule is COC(CO)[C@@H](OC)[C@@H](O)C(N)C(C)(C)C(C)(C)[C@@H]1C(CO)O[C@@H](C)C(NC(C)=O)C1O. The van der Waals surface area contributed by atoms with Gasteiger partial charge in [0.1, 0.15) is 12.2 Å². The van der Waals surface area contributed by atoms with Crippen molar-refractivity contribution in [1.29, 1.82) is 0 Å². The fourth-order valence-corrected chi connectivity index (χ4v) is 4.97. The summed E-state index contributed by atoms with van der Waals surface area (Å²) in [6, 6.07) is -1.53.